The van der Waals surface area contributed by atoms with E-state index in [-0.39, 0.29) is 11.1 Å². The number of hydrogen-bond donors (Lipinski definition) is 1. The zero-order valence-corrected chi connectivity index (χ0v) is 8.46. The second kappa shape index (κ2) is 5.50. The number of nitrogens with zero attached hydrogens (tertiary/aromatic N) is 4. The molecule has 9 nitrogen and oxygen atoms in total. The monoisotopic (exact) mass is 243 g/mol. The van der Waals surface area contributed by atoms with Gasteiger partial charge in [-0.1, -0.05) is 4.98 Å². The van der Waals surface area contributed by atoms with Crippen LogP contribution in [-0.4, -0.2) is 24.8 Å². The van der Waals surface area contributed by atoms with Crippen LogP contribution < -0.4 is 0 Å². The standard InChI is InChI=1S/C3H3N3O2.C3H2N2O2S/c7-6(8)3-4-1-2-5-3;6-5(7)3-4-1-2-8-3/h1-2H,(H,4,5);1-2H. The quantitative estimate of drug-likeness (QED) is 0.626. The molecule has 0 saturated heterocycles. The molecule has 0 radical (unpaired) electrons. The van der Waals surface area contributed by atoms with Crippen molar-refractivity contribution in [2.45, 2.75) is 0 Å². The Morgan fingerprint density at radius 1 is 1.19 bits per heavy atom. The molecule has 2 rings (SSSR count). The lowest BCUT2D eigenvalue weighted by Gasteiger charge is -1.83. The van der Waals surface area contributed by atoms with Gasteiger partial charge < -0.3 is 20.2 Å². The first kappa shape index (κ1) is 11.7. The van der Waals surface area contributed by atoms with E-state index in [0.717, 1.165) is 11.3 Å². The van der Waals surface area contributed by atoms with E-state index in [0.29, 0.717) is 0 Å². The molecule has 0 spiro atoms. The van der Waals surface area contributed by atoms with Gasteiger partial charge in [-0.25, -0.2) is 4.98 Å². The first-order valence-corrected chi connectivity index (χ1v) is 4.67. The molecule has 0 amide bonds. The van der Waals surface area contributed by atoms with Crippen LogP contribution in [-0.2, 0) is 0 Å². The summed E-state index contributed by atoms with van der Waals surface area (Å²) < 4.78 is 0. The Bertz CT molecular complexity index is 409. The molecule has 10 heteroatoms. The predicted molar refractivity (Wildman–Crippen MR) is 54.0 cm³/mol. The van der Waals surface area contributed by atoms with Gasteiger partial charge in [-0.05, 0) is 26.2 Å². The highest BCUT2D eigenvalue weighted by molar-refractivity contribution is 7.12. The predicted octanol–water partition coefficient (Wildman–Crippen LogP) is 1.37. The van der Waals surface area contributed by atoms with Gasteiger partial charge in [0.2, 0.25) is 0 Å². The molecular formula is C6H5N5O4S. The summed E-state index contributed by atoms with van der Waals surface area (Å²) in [5.74, 6) is -0.218. The van der Waals surface area contributed by atoms with E-state index >= 15 is 0 Å². The minimum Gasteiger partial charge on any atom is -0.390 e. The lowest BCUT2D eigenvalue weighted by atomic mass is 11.0. The molecule has 16 heavy (non-hydrogen) atoms. The van der Waals surface area contributed by atoms with Crippen molar-refractivity contribution in [2.75, 3.05) is 0 Å². The number of hydrogen-bond acceptors (Lipinski definition) is 7. The van der Waals surface area contributed by atoms with Gasteiger partial charge in [0.05, 0.1) is 6.20 Å². The summed E-state index contributed by atoms with van der Waals surface area (Å²) in [7, 11) is 0. The normalized spacial score (nSPS) is 9.00. The van der Waals surface area contributed by atoms with Crippen LogP contribution in [0.25, 0.3) is 0 Å². The number of thiazole rings is 1. The van der Waals surface area contributed by atoms with E-state index in [9.17, 15) is 20.2 Å². The van der Waals surface area contributed by atoms with E-state index in [1.54, 1.807) is 5.38 Å². The number of nitro groups is 2. The number of H-pyrrole nitrogens is 1. The molecule has 0 aromatic carbocycles. The van der Waals surface area contributed by atoms with E-state index in [2.05, 4.69) is 15.0 Å². The third-order valence-corrected chi connectivity index (χ3v) is 1.96. The molecule has 0 bridgehead atoms. The average Bonchev–Trinajstić information content (AvgIpc) is 2.93. The molecule has 0 saturated carbocycles. The van der Waals surface area contributed by atoms with Crippen LogP contribution in [0.5, 0.6) is 0 Å². The number of aromatic amines is 1. The molecule has 2 aromatic rings. The van der Waals surface area contributed by atoms with E-state index in [4.69, 9.17) is 0 Å². The molecule has 0 atom stereocenters. The van der Waals surface area contributed by atoms with Gasteiger partial charge in [0, 0.05) is 5.38 Å². The van der Waals surface area contributed by atoms with Crippen molar-refractivity contribution in [2.24, 2.45) is 0 Å². The van der Waals surface area contributed by atoms with Gasteiger partial charge in [0.1, 0.15) is 6.20 Å². The Kier molecular flexibility index (Phi) is 4.03. The zero-order valence-electron chi connectivity index (χ0n) is 7.64. The maximum absolute atomic E-state index is 9.82. The molecule has 2 aromatic heterocycles. The van der Waals surface area contributed by atoms with Crippen LogP contribution in [0.3, 0.4) is 0 Å². The van der Waals surface area contributed by atoms with Crippen molar-refractivity contribution in [3.63, 3.8) is 0 Å². The highest BCUT2D eigenvalue weighted by Crippen LogP contribution is 2.12. The third kappa shape index (κ3) is 3.42. The second-order valence-electron chi connectivity index (χ2n) is 2.24. The van der Waals surface area contributed by atoms with Gasteiger partial charge in [0.15, 0.2) is 6.20 Å². The minimum atomic E-state index is -0.583. The van der Waals surface area contributed by atoms with E-state index in [1.807, 2.05) is 0 Å². The molecule has 0 unspecified atom stereocenters. The molecule has 0 fully saturated rings. The molecule has 1 N–H and O–H groups in total. The van der Waals surface area contributed by atoms with Crippen LogP contribution in [0, 0.1) is 20.2 Å². The highest BCUT2D eigenvalue weighted by Gasteiger charge is 2.04. The molecular weight excluding hydrogens is 238 g/mol. The van der Waals surface area contributed by atoms with Crippen molar-refractivity contribution in [3.8, 4) is 0 Å². The fourth-order valence-electron chi connectivity index (χ4n) is 0.663. The number of rotatable bonds is 2. The van der Waals surface area contributed by atoms with E-state index < -0.39 is 9.85 Å². The average molecular weight is 243 g/mol. The first-order valence-electron chi connectivity index (χ1n) is 3.79. The van der Waals surface area contributed by atoms with Gasteiger partial charge in [0.25, 0.3) is 0 Å². The number of imidazole rings is 1. The summed E-state index contributed by atoms with van der Waals surface area (Å²) in [5, 5.41) is 21.1. The fraction of sp³-hybridized carbons (Fsp3) is 0. The molecule has 2 heterocycles. The Balaban J connectivity index is 0.000000160. The highest BCUT2D eigenvalue weighted by atomic mass is 32.1. The third-order valence-electron chi connectivity index (χ3n) is 1.23. The maximum Gasteiger partial charge on any atom is 0.432 e. The maximum atomic E-state index is 9.82. The zero-order chi connectivity index (χ0) is 12.0. The SMILES string of the molecule is O=[N+]([O-])c1ncc[nH]1.O=[N+]([O-])c1nccs1. The van der Waals surface area contributed by atoms with Crippen LogP contribution in [0.2, 0.25) is 0 Å². The van der Waals surface area contributed by atoms with Crippen LogP contribution in [0.4, 0.5) is 11.1 Å². The van der Waals surface area contributed by atoms with Gasteiger partial charge in [-0.3, -0.25) is 0 Å². The first-order chi connectivity index (χ1) is 7.61. The number of nitrogens with one attached hydrogen (secondary N) is 1. The van der Waals surface area contributed by atoms with Gasteiger partial charge in [-0.15, -0.1) is 0 Å². The van der Waals surface area contributed by atoms with Crippen molar-refractivity contribution < 1.29 is 9.85 Å². The van der Waals surface area contributed by atoms with Gasteiger partial charge in [-0.2, -0.15) is 0 Å². The van der Waals surface area contributed by atoms with Crippen LogP contribution in [0.1, 0.15) is 0 Å². The Morgan fingerprint density at radius 2 is 1.94 bits per heavy atom. The number of aromatic nitrogens is 3. The Morgan fingerprint density at radius 3 is 2.19 bits per heavy atom. The fourth-order valence-corrected chi connectivity index (χ4v) is 1.11. The molecule has 0 aliphatic heterocycles. The Hall–Kier alpha value is -2.36. The summed E-state index contributed by atoms with van der Waals surface area (Å²) >= 11 is 1.02. The lowest BCUT2D eigenvalue weighted by molar-refractivity contribution is -0.393. The largest absolute Gasteiger partial charge is 0.432 e. The molecule has 0 aliphatic carbocycles. The Labute approximate surface area is 92.1 Å². The van der Waals surface area contributed by atoms with Crippen molar-refractivity contribution in [3.05, 3.63) is 44.2 Å². The van der Waals surface area contributed by atoms with Crippen molar-refractivity contribution in [1.29, 1.82) is 0 Å². The second-order valence-corrected chi connectivity index (χ2v) is 3.11. The summed E-state index contributed by atoms with van der Waals surface area (Å²) in [4.78, 5) is 27.6. The topological polar surface area (TPSA) is 128 Å². The minimum absolute atomic E-state index is 0.0509. The van der Waals surface area contributed by atoms with Gasteiger partial charge >= 0.3 is 11.1 Å². The summed E-state index contributed by atoms with van der Waals surface area (Å²) in [6, 6.07) is 0. The smallest absolute Gasteiger partial charge is 0.390 e. The van der Waals surface area contributed by atoms with Crippen molar-refractivity contribution in [1.82, 2.24) is 15.0 Å². The molecule has 84 valence electrons. The van der Waals surface area contributed by atoms with Crippen molar-refractivity contribution >= 4 is 22.4 Å². The molecule has 0 aliphatic rings. The summed E-state index contributed by atoms with van der Waals surface area (Å²) in [6.45, 7) is 0. The van der Waals surface area contributed by atoms with Crippen LogP contribution in [0.15, 0.2) is 24.0 Å². The van der Waals surface area contributed by atoms with E-state index in [1.165, 1.54) is 18.6 Å². The van der Waals surface area contributed by atoms with Crippen LogP contribution >= 0.6 is 11.3 Å². The summed E-state index contributed by atoms with van der Waals surface area (Å²) in [5.41, 5.74) is 0. The lowest BCUT2D eigenvalue weighted by Crippen LogP contribution is -1.88. The summed E-state index contributed by atoms with van der Waals surface area (Å²) in [6.07, 6.45) is 4.14.